The van der Waals surface area contributed by atoms with Crippen molar-refractivity contribution < 1.29 is 266 Å². The van der Waals surface area contributed by atoms with Crippen molar-refractivity contribution in [3.05, 3.63) is 0 Å². The Labute approximate surface area is 293 Å². The Kier molecular flexibility index (Phi) is 148. The zero-order chi connectivity index (χ0) is 25.0. The van der Waals surface area contributed by atoms with Crippen LogP contribution in [-0.2, 0) is 222 Å². The summed E-state index contributed by atoms with van der Waals surface area (Å²) in [6.45, 7) is 0. The van der Waals surface area contributed by atoms with E-state index in [4.69, 9.17) is 64.3 Å². The molecule has 0 heterocycles. The molecule has 0 unspecified atom stereocenters. The van der Waals surface area contributed by atoms with Crippen LogP contribution in [0.25, 0.3) is 0 Å². The fourth-order valence-electron chi connectivity index (χ4n) is 0. The van der Waals surface area contributed by atoms with E-state index in [-0.39, 0.29) is 78.2 Å². The van der Waals surface area contributed by atoms with Gasteiger partial charge in [-0.1, -0.05) is 0 Å². The van der Waals surface area contributed by atoms with E-state index in [0.717, 1.165) is 0 Å². The number of hydrogen-bond acceptors (Lipinski definition) is 21. The van der Waals surface area contributed by atoms with E-state index < -0.39 is 158 Å². The molecule has 21 nitrogen and oxygen atoms in total. The summed E-state index contributed by atoms with van der Waals surface area (Å²) in [4.78, 5) is 0. The van der Waals surface area contributed by atoms with Crippen LogP contribution < -0.4 is 44.6 Å². The minimum absolute atomic E-state index is 0. The molecule has 0 fully saturated rings. The first kappa shape index (κ1) is 71.7. The molecule has 0 rings (SSSR count). The second-order valence-corrected chi connectivity index (χ2v) is 10.4. The topological polar surface area (TPSA) is 442 Å². The van der Waals surface area contributed by atoms with Gasteiger partial charge in [-0.05, 0) is 0 Å². The molecule has 32 heavy (non-hydrogen) atoms. The molecule has 0 saturated carbocycles. The van der Waals surface area contributed by atoms with Crippen molar-refractivity contribution >= 4 is 34.7 Å². The SMILES string of the molecule is [Al+3].[Al+3].[O]=[Zr]([O-])[O-].[O]=[Zr]([O-])[O-].[O]=[Zr]([O-])[O-].[O]=[Zr]([O-])[O-].[O]=[Zr]([O-])[O-].[O]=[Zr]([O-])[O-].[O]=[Zr]([O-])[O-].[Ti+4].[Ti+4]. The minimum atomic E-state index is -4.29. The summed E-state index contributed by atoms with van der Waals surface area (Å²) in [7, 11) is 0. The van der Waals surface area contributed by atoms with Gasteiger partial charge >= 0.3 is 301 Å². The smallest absolute Gasteiger partial charge is 4.00 e. The van der Waals surface area contributed by atoms with Crippen molar-refractivity contribution in [3.63, 3.8) is 0 Å². The van der Waals surface area contributed by atoms with Crippen LogP contribution in [0.15, 0.2) is 0 Å². The molecule has 0 aromatic carbocycles. The van der Waals surface area contributed by atoms with Crippen molar-refractivity contribution in [2.45, 2.75) is 0 Å². The predicted octanol–water partition coefficient (Wildman–Crippen LogP) is -18.3. The molecule has 0 aromatic rings. The van der Waals surface area contributed by atoms with Gasteiger partial charge in [0.05, 0.1) is 0 Å². The van der Waals surface area contributed by atoms with E-state index in [1.165, 1.54) is 0 Å². The van der Waals surface area contributed by atoms with Gasteiger partial charge in [0.25, 0.3) is 0 Å². The van der Waals surface area contributed by atoms with E-state index in [2.05, 4.69) is 0 Å². The Morgan fingerprint density at radius 1 is 0.250 bits per heavy atom. The molecule has 0 aromatic heterocycles. The van der Waals surface area contributed by atoms with Crippen LogP contribution in [0.1, 0.15) is 0 Å². The molecule has 32 heteroatoms. The van der Waals surface area contributed by atoms with Crippen molar-refractivity contribution in [1.29, 1.82) is 0 Å². The van der Waals surface area contributed by atoms with Gasteiger partial charge < -0.3 is 0 Å². The first-order chi connectivity index (χ1) is 12.1. The molecular weight excluding hydrogens is 1120 g/mol. The van der Waals surface area contributed by atoms with Gasteiger partial charge in [-0.25, -0.2) is 0 Å². The van der Waals surface area contributed by atoms with Crippen LogP contribution in [0.3, 0.4) is 0 Å². The minimum Gasteiger partial charge on any atom is 4.00 e. The summed E-state index contributed by atoms with van der Waals surface area (Å²) in [5.74, 6) is 0. The van der Waals surface area contributed by atoms with Crippen molar-refractivity contribution in [2.24, 2.45) is 0 Å². The van der Waals surface area contributed by atoms with E-state index in [9.17, 15) is 0 Å². The molecule has 168 valence electrons. The van der Waals surface area contributed by atoms with Crippen molar-refractivity contribution in [2.75, 3.05) is 0 Å². The molecule has 0 bridgehead atoms. The maximum Gasteiger partial charge on any atom is 4.00 e. The number of hydrogen-bond donors (Lipinski definition) is 0. The van der Waals surface area contributed by atoms with Gasteiger partial charge in [0.15, 0.2) is 0 Å². The Bertz CT molecular complexity index is 323. The molecule has 0 aliphatic carbocycles. The summed E-state index contributed by atoms with van der Waals surface area (Å²) in [6, 6.07) is 0. The third-order valence-corrected chi connectivity index (χ3v) is 0. The fraction of sp³-hybridized carbons (Fsp3) is 0. The van der Waals surface area contributed by atoms with Gasteiger partial charge in [-0.15, -0.1) is 0 Å². The molecule has 0 aliphatic rings. The van der Waals surface area contributed by atoms with Gasteiger partial charge in [-0.2, -0.15) is 0 Å². The van der Waals surface area contributed by atoms with Crippen LogP contribution in [0.2, 0.25) is 0 Å². The zero-order valence-corrected chi connectivity index (χ0v) is 36.9. The van der Waals surface area contributed by atoms with Gasteiger partial charge in [0.2, 0.25) is 0 Å². The second kappa shape index (κ2) is 66.2. The van der Waals surface area contributed by atoms with Crippen LogP contribution in [0.5, 0.6) is 0 Å². The molecule has 0 atom stereocenters. The molecule has 0 aliphatic heterocycles. The Balaban J connectivity index is -0.0000000175. The standard InChI is InChI=1S/2Al.21O.2Ti.7Zr/q2*+3;;;;;;;;14*-1;2*+4;;;;;;;. The summed E-state index contributed by atoms with van der Waals surface area (Å²) in [5, 5.41) is 0. The maximum absolute atomic E-state index is 8.61. The van der Waals surface area contributed by atoms with Crippen molar-refractivity contribution in [3.8, 4) is 0 Å². The third-order valence-electron chi connectivity index (χ3n) is 0. The van der Waals surface area contributed by atoms with E-state index in [0.29, 0.717) is 0 Å². The molecule has 0 saturated heterocycles. The van der Waals surface area contributed by atoms with Crippen molar-refractivity contribution in [1.82, 2.24) is 0 Å². The maximum atomic E-state index is 8.61. The second-order valence-electron chi connectivity index (χ2n) is 1.75. The Morgan fingerprint density at radius 2 is 0.250 bits per heavy atom. The van der Waals surface area contributed by atoms with Crippen LogP contribution >= 0.6 is 0 Å². The Hall–Kier alpha value is 6.72. The fourth-order valence-corrected chi connectivity index (χ4v) is 0. The summed E-state index contributed by atoms with van der Waals surface area (Å²) < 4.78 is 181. The third kappa shape index (κ3) is 1040. The zero-order valence-electron chi connectivity index (χ0n) is 14.2. The van der Waals surface area contributed by atoms with E-state index >= 15 is 0 Å². The normalized spacial score (nSPS) is 5.69. The molecular formula is Al2O21Ti2Zr7. The van der Waals surface area contributed by atoms with Gasteiger partial charge in [-0.3, -0.25) is 0 Å². The first-order valence-electron chi connectivity index (χ1n) is 4.29. The van der Waals surface area contributed by atoms with Crippen LogP contribution in [-0.4, -0.2) is 34.7 Å². The average Bonchev–Trinajstić information content (AvgIpc) is 2.20. The van der Waals surface area contributed by atoms with E-state index in [1.807, 2.05) is 0 Å². The molecule has 0 radical (unpaired) electrons. The first-order valence-corrected chi connectivity index (χ1v) is 25.4. The average molecular weight is 1120 g/mol. The largest absolute Gasteiger partial charge is 4.00 e. The van der Waals surface area contributed by atoms with Gasteiger partial charge in [0.1, 0.15) is 0 Å². The number of rotatable bonds is 0. The Morgan fingerprint density at radius 3 is 0.250 bits per heavy atom. The molecule has 0 N–H and O–H groups in total. The molecule has 0 spiro atoms. The van der Waals surface area contributed by atoms with Crippen LogP contribution in [0, 0.1) is 0 Å². The van der Waals surface area contributed by atoms with Crippen LogP contribution in [0.4, 0.5) is 0 Å². The summed E-state index contributed by atoms with van der Waals surface area (Å²) in [6.07, 6.45) is 0. The predicted molar refractivity (Wildman–Crippen MR) is 16.3 cm³/mol. The van der Waals surface area contributed by atoms with E-state index in [1.54, 1.807) is 0 Å². The summed E-state index contributed by atoms with van der Waals surface area (Å²) in [5.41, 5.74) is 0. The summed E-state index contributed by atoms with van der Waals surface area (Å²) >= 11 is -30.1. The monoisotopic (exact) mass is 1120 g/mol. The molecule has 0 amide bonds. The quantitative estimate of drug-likeness (QED) is 0.203. The van der Waals surface area contributed by atoms with Gasteiger partial charge in [0, 0.05) is 0 Å².